The van der Waals surface area contributed by atoms with Crippen molar-refractivity contribution in [2.45, 2.75) is 31.8 Å². The van der Waals surface area contributed by atoms with Crippen LogP contribution in [-0.2, 0) is 11.2 Å². The van der Waals surface area contributed by atoms with Gasteiger partial charge in [-0.25, -0.2) is 15.4 Å². The fourth-order valence-corrected chi connectivity index (χ4v) is 3.20. The molecule has 3 atom stereocenters. The summed E-state index contributed by atoms with van der Waals surface area (Å²) in [4.78, 5) is 25.1. The number of anilines is 1. The van der Waals surface area contributed by atoms with Crippen LogP contribution < -0.4 is 15.8 Å². The van der Waals surface area contributed by atoms with Gasteiger partial charge in [0, 0.05) is 51.5 Å². The van der Waals surface area contributed by atoms with Crippen LogP contribution in [0.4, 0.5) is 5.95 Å². The lowest BCUT2D eigenvalue weighted by atomic mass is 9.88. The third-order valence-electron chi connectivity index (χ3n) is 4.60. The molecule has 1 aromatic rings. The number of rotatable bonds is 3. The van der Waals surface area contributed by atoms with Crippen LogP contribution in [-0.4, -0.2) is 60.0 Å². The van der Waals surface area contributed by atoms with Gasteiger partial charge in [-0.2, -0.15) is 0 Å². The van der Waals surface area contributed by atoms with Crippen molar-refractivity contribution in [2.75, 3.05) is 32.1 Å². The molecule has 0 aliphatic carbocycles. The summed E-state index contributed by atoms with van der Waals surface area (Å²) in [6, 6.07) is 0.151. The van der Waals surface area contributed by atoms with Crippen molar-refractivity contribution in [2.24, 2.45) is 5.92 Å². The van der Waals surface area contributed by atoms with Crippen molar-refractivity contribution in [3.8, 4) is 0 Å². The smallest absolute Gasteiger partial charge is 0.240 e. The Kier molecular flexibility index (Phi) is 4.26. The zero-order chi connectivity index (χ0) is 15.7. The van der Waals surface area contributed by atoms with E-state index in [4.69, 9.17) is 0 Å². The average molecular weight is 304 g/mol. The molecule has 7 nitrogen and oxygen atoms in total. The maximum atomic E-state index is 12.3. The lowest BCUT2D eigenvalue weighted by molar-refractivity contribution is -0.131. The summed E-state index contributed by atoms with van der Waals surface area (Å²) in [5.74, 6) is 1.11. The number of hydrazine groups is 1. The van der Waals surface area contributed by atoms with Gasteiger partial charge in [-0.15, -0.1) is 0 Å². The van der Waals surface area contributed by atoms with Crippen LogP contribution in [0.25, 0.3) is 0 Å². The van der Waals surface area contributed by atoms with Crippen molar-refractivity contribution in [3.63, 3.8) is 0 Å². The molecule has 7 heteroatoms. The first-order valence-electron chi connectivity index (χ1n) is 7.88. The third kappa shape index (κ3) is 2.78. The number of aryl methyl sites for hydroxylation is 1. The highest BCUT2D eigenvalue weighted by Crippen LogP contribution is 2.27. The predicted molar refractivity (Wildman–Crippen MR) is 84.3 cm³/mol. The first-order chi connectivity index (χ1) is 10.6. The van der Waals surface area contributed by atoms with Crippen LogP contribution in [0.1, 0.15) is 18.9 Å². The SMILES string of the molecule is CCc1cnc(N2CCC3NNC(C(=O)N(C)C)C3C2)nc1. The number of carbonyl (C=O) groups is 1. The fraction of sp³-hybridized carbons (Fsp3) is 0.667. The second-order valence-electron chi connectivity index (χ2n) is 6.25. The van der Waals surface area contributed by atoms with Crippen LogP contribution in [0.5, 0.6) is 0 Å². The maximum Gasteiger partial charge on any atom is 0.240 e. The first kappa shape index (κ1) is 15.2. The normalized spacial score (nSPS) is 27.6. The van der Waals surface area contributed by atoms with Gasteiger partial charge in [0.15, 0.2) is 0 Å². The molecule has 0 aromatic carbocycles. The molecule has 120 valence electrons. The lowest BCUT2D eigenvalue weighted by Crippen LogP contribution is -2.50. The van der Waals surface area contributed by atoms with E-state index in [0.717, 1.165) is 37.4 Å². The molecule has 22 heavy (non-hydrogen) atoms. The number of amides is 1. The topological polar surface area (TPSA) is 73.4 Å². The van der Waals surface area contributed by atoms with Crippen LogP contribution in [0.2, 0.25) is 0 Å². The summed E-state index contributed by atoms with van der Waals surface area (Å²) in [6.07, 6.45) is 5.70. The molecule has 2 saturated heterocycles. The van der Waals surface area contributed by atoms with Crippen molar-refractivity contribution >= 4 is 11.9 Å². The number of hydrogen-bond donors (Lipinski definition) is 2. The molecule has 1 aromatic heterocycles. The monoisotopic (exact) mass is 304 g/mol. The number of hydrogen-bond acceptors (Lipinski definition) is 6. The average Bonchev–Trinajstić information content (AvgIpc) is 2.97. The van der Waals surface area contributed by atoms with E-state index in [1.54, 1.807) is 19.0 Å². The molecule has 0 spiro atoms. The van der Waals surface area contributed by atoms with Crippen LogP contribution in [0, 0.1) is 5.92 Å². The van der Waals surface area contributed by atoms with Gasteiger partial charge >= 0.3 is 0 Å². The van der Waals surface area contributed by atoms with Gasteiger partial charge in [-0.1, -0.05) is 6.92 Å². The molecule has 2 N–H and O–H groups in total. The molecule has 0 bridgehead atoms. The van der Waals surface area contributed by atoms with Crippen molar-refractivity contribution in [1.82, 2.24) is 25.7 Å². The number of nitrogens with one attached hydrogen (secondary N) is 2. The van der Waals surface area contributed by atoms with E-state index in [2.05, 4.69) is 32.6 Å². The summed E-state index contributed by atoms with van der Waals surface area (Å²) < 4.78 is 0. The first-order valence-corrected chi connectivity index (χ1v) is 7.88. The second kappa shape index (κ2) is 6.18. The van der Waals surface area contributed by atoms with Gasteiger partial charge in [0.2, 0.25) is 11.9 Å². The fourth-order valence-electron chi connectivity index (χ4n) is 3.20. The minimum atomic E-state index is -0.183. The Hall–Kier alpha value is -1.73. The number of nitrogens with zero attached hydrogens (tertiary/aromatic N) is 4. The summed E-state index contributed by atoms with van der Waals surface area (Å²) in [6.45, 7) is 3.79. The summed E-state index contributed by atoms with van der Waals surface area (Å²) in [5.41, 5.74) is 7.57. The second-order valence-corrected chi connectivity index (χ2v) is 6.25. The number of piperidine rings is 1. The summed E-state index contributed by atoms with van der Waals surface area (Å²) >= 11 is 0. The van der Waals surface area contributed by atoms with E-state index in [1.165, 1.54) is 0 Å². The highest BCUT2D eigenvalue weighted by molar-refractivity contribution is 5.82. The van der Waals surface area contributed by atoms with E-state index in [0.29, 0.717) is 6.04 Å². The molecule has 1 amide bonds. The van der Waals surface area contributed by atoms with Crippen LogP contribution in [0.3, 0.4) is 0 Å². The quantitative estimate of drug-likeness (QED) is 0.806. The molecule has 3 rings (SSSR count). The largest absolute Gasteiger partial charge is 0.347 e. The van der Waals surface area contributed by atoms with E-state index in [-0.39, 0.29) is 17.9 Å². The highest BCUT2D eigenvalue weighted by atomic mass is 16.2. The number of fused-ring (bicyclic) bond motifs is 1. The Morgan fingerprint density at radius 1 is 1.36 bits per heavy atom. The van der Waals surface area contributed by atoms with Gasteiger partial charge in [0.25, 0.3) is 0 Å². The molecule has 3 unspecified atom stereocenters. The zero-order valence-electron chi connectivity index (χ0n) is 13.4. The molecule has 0 saturated carbocycles. The van der Waals surface area contributed by atoms with E-state index >= 15 is 0 Å². The van der Waals surface area contributed by atoms with Gasteiger partial charge < -0.3 is 9.80 Å². The Bertz CT molecular complexity index is 531. The maximum absolute atomic E-state index is 12.3. The standard InChI is InChI=1S/C15H24N6O/c1-4-10-7-16-15(17-8-10)21-6-5-12-11(9-21)13(19-18-12)14(22)20(2)3/h7-8,11-13,18-19H,4-6,9H2,1-3H3. The van der Waals surface area contributed by atoms with Crippen LogP contribution >= 0.6 is 0 Å². The minimum absolute atomic E-state index is 0.115. The lowest BCUT2D eigenvalue weighted by Gasteiger charge is -2.36. The van der Waals surface area contributed by atoms with Crippen LogP contribution in [0.15, 0.2) is 12.4 Å². The predicted octanol–water partition coefficient (Wildman–Crippen LogP) is -0.201. The van der Waals surface area contributed by atoms with Crippen molar-refractivity contribution in [1.29, 1.82) is 0 Å². The number of carbonyl (C=O) groups excluding carboxylic acids is 1. The third-order valence-corrected chi connectivity index (χ3v) is 4.60. The Morgan fingerprint density at radius 2 is 2.09 bits per heavy atom. The molecule has 2 fully saturated rings. The van der Waals surface area contributed by atoms with Gasteiger partial charge in [0.1, 0.15) is 6.04 Å². The van der Waals surface area contributed by atoms with Crippen molar-refractivity contribution in [3.05, 3.63) is 18.0 Å². The highest BCUT2D eigenvalue weighted by Gasteiger charge is 2.44. The van der Waals surface area contributed by atoms with E-state index < -0.39 is 0 Å². The molecule has 3 heterocycles. The van der Waals surface area contributed by atoms with E-state index in [1.807, 2.05) is 12.4 Å². The van der Waals surface area contributed by atoms with Gasteiger partial charge in [-0.05, 0) is 18.4 Å². The molecule has 2 aliphatic heterocycles. The number of aromatic nitrogens is 2. The Labute approximate surface area is 131 Å². The summed E-state index contributed by atoms with van der Waals surface area (Å²) in [5, 5.41) is 0. The van der Waals surface area contributed by atoms with Crippen molar-refractivity contribution < 1.29 is 4.79 Å². The number of likely N-dealkylation sites (N-methyl/N-ethyl adjacent to an activating group) is 1. The van der Waals surface area contributed by atoms with E-state index in [9.17, 15) is 4.79 Å². The van der Waals surface area contributed by atoms with Gasteiger partial charge in [0.05, 0.1) is 0 Å². The zero-order valence-corrected chi connectivity index (χ0v) is 13.4. The Morgan fingerprint density at radius 3 is 2.73 bits per heavy atom. The molecule has 2 aliphatic rings. The minimum Gasteiger partial charge on any atom is -0.347 e. The molecular formula is C15H24N6O. The Balaban J connectivity index is 1.73. The summed E-state index contributed by atoms with van der Waals surface area (Å²) in [7, 11) is 3.59. The molecular weight excluding hydrogens is 280 g/mol. The molecule has 0 radical (unpaired) electrons. The van der Waals surface area contributed by atoms with Gasteiger partial charge in [-0.3, -0.25) is 10.2 Å².